The van der Waals surface area contributed by atoms with Gasteiger partial charge in [-0.3, -0.25) is 4.98 Å². The first-order chi connectivity index (χ1) is 8.13. The van der Waals surface area contributed by atoms with Crippen LogP contribution >= 0.6 is 0 Å². The van der Waals surface area contributed by atoms with E-state index < -0.39 is 0 Å². The Morgan fingerprint density at radius 2 is 1.76 bits per heavy atom. The Morgan fingerprint density at radius 3 is 2.24 bits per heavy atom. The number of aromatic nitrogens is 1. The second-order valence-corrected chi connectivity index (χ2v) is 4.74. The van der Waals surface area contributed by atoms with Crippen LogP contribution in [-0.4, -0.2) is 11.5 Å². The standard InChI is InChI=1S/C15H26N2/c1-6-13(7-2)15(16-8-3)14-10-9-11(4)17-12(14)5/h9-10,13,15-16H,6-8H2,1-5H3. The summed E-state index contributed by atoms with van der Waals surface area (Å²) in [6.45, 7) is 11.9. The average molecular weight is 234 g/mol. The lowest BCUT2D eigenvalue weighted by molar-refractivity contribution is 0.344. The van der Waals surface area contributed by atoms with Crippen molar-refractivity contribution in [3.05, 3.63) is 29.1 Å². The minimum absolute atomic E-state index is 0.447. The minimum Gasteiger partial charge on any atom is -0.310 e. The summed E-state index contributed by atoms with van der Waals surface area (Å²) in [6, 6.07) is 4.81. The van der Waals surface area contributed by atoms with Crippen LogP contribution in [0.4, 0.5) is 0 Å². The van der Waals surface area contributed by atoms with E-state index in [1.165, 1.54) is 24.1 Å². The predicted octanol–water partition coefficient (Wildman–Crippen LogP) is 3.79. The van der Waals surface area contributed by atoms with E-state index in [9.17, 15) is 0 Å². The van der Waals surface area contributed by atoms with Crippen molar-refractivity contribution in [1.29, 1.82) is 0 Å². The van der Waals surface area contributed by atoms with Gasteiger partial charge in [-0.2, -0.15) is 0 Å². The molecule has 0 bridgehead atoms. The Balaban J connectivity index is 3.03. The third-order valence-corrected chi connectivity index (χ3v) is 3.55. The minimum atomic E-state index is 0.447. The lowest BCUT2D eigenvalue weighted by atomic mass is 9.88. The summed E-state index contributed by atoms with van der Waals surface area (Å²) < 4.78 is 0. The molecule has 1 atom stereocenters. The van der Waals surface area contributed by atoms with E-state index in [0.29, 0.717) is 12.0 Å². The van der Waals surface area contributed by atoms with Crippen molar-refractivity contribution in [3.63, 3.8) is 0 Å². The van der Waals surface area contributed by atoms with Gasteiger partial charge in [-0.05, 0) is 37.9 Å². The van der Waals surface area contributed by atoms with Gasteiger partial charge >= 0.3 is 0 Å². The lowest BCUT2D eigenvalue weighted by Crippen LogP contribution is -2.28. The zero-order chi connectivity index (χ0) is 12.8. The molecule has 0 saturated carbocycles. The highest BCUT2D eigenvalue weighted by Crippen LogP contribution is 2.28. The maximum absolute atomic E-state index is 4.59. The van der Waals surface area contributed by atoms with Gasteiger partial charge in [-0.1, -0.05) is 39.7 Å². The summed E-state index contributed by atoms with van der Waals surface area (Å²) in [5.41, 5.74) is 3.64. The highest BCUT2D eigenvalue weighted by molar-refractivity contribution is 5.25. The van der Waals surface area contributed by atoms with E-state index in [1.54, 1.807) is 0 Å². The van der Waals surface area contributed by atoms with E-state index in [2.05, 4.69) is 57.1 Å². The SMILES string of the molecule is CCNC(c1ccc(C)nc1C)C(CC)CC. The highest BCUT2D eigenvalue weighted by Gasteiger charge is 2.21. The molecule has 0 amide bonds. The second-order valence-electron chi connectivity index (χ2n) is 4.74. The maximum Gasteiger partial charge on any atom is 0.0423 e. The molecule has 1 aromatic heterocycles. The van der Waals surface area contributed by atoms with Crippen LogP contribution in [0.3, 0.4) is 0 Å². The van der Waals surface area contributed by atoms with Crippen molar-refractivity contribution in [2.24, 2.45) is 5.92 Å². The van der Waals surface area contributed by atoms with Crippen LogP contribution in [0.15, 0.2) is 12.1 Å². The largest absolute Gasteiger partial charge is 0.310 e. The predicted molar refractivity (Wildman–Crippen MR) is 74.2 cm³/mol. The number of hydrogen-bond donors (Lipinski definition) is 1. The number of pyridine rings is 1. The monoisotopic (exact) mass is 234 g/mol. The molecule has 1 N–H and O–H groups in total. The molecule has 0 aromatic carbocycles. The van der Waals surface area contributed by atoms with E-state index in [1.807, 2.05) is 0 Å². The van der Waals surface area contributed by atoms with Gasteiger partial charge in [0.2, 0.25) is 0 Å². The van der Waals surface area contributed by atoms with E-state index in [4.69, 9.17) is 0 Å². The fraction of sp³-hybridized carbons (Fsp3) is 0.667. The van der Waals surface area contributed by atoms with Crippen molar-refractivity contribution in [1.82, 2.24) is 10.3 Å². The van der Waals surface area contributed by atoms with Gasteiger partial charge in [0, 0.05) is 17.4 Å². The van der Waals surface area contributed by atoms with E-state index >= 15 is 0 Å². The summed E-state index contributed by atoms with van der Waals surface area (Å²) in [7, 11) is 0. The summed E-state index contributed by atoms with van der Waals surface area (Å²) in [5, 5.41) is 3.62. The molecule has 0 spiro atoms. The zero-order valence-corrected chi connectivity index (χ0v) is 11.9. The molecule has 0 fully saturated rings. The molecular weight excluding hydrogens is 208 g/mol. The third-order valence-electron chi connectivity index (χ3n) is 3.55. The van der Waals surface area contributed by atoms with Crippen LogP contribution < -0.4 is 5.32 Å². The van der Waals surface area contributed by atoms with Gasteiger partial charge in [0.25, 0.3) is 0 Å². The van der Waals surface area contributed by atoms with Gasteiger partial charge in [0.05, 0.1) is 0 Å². The van der Waals surface area contributed by atoms with Crippen molar-refractivity contribution in [2.45, 2.75) is 53.5 Å². The summed E-state index contributed by atoms with van der Waals surface area (Å²) in [6.07, 6.45) is 2.42. The van der Waals surface area contributed by atoms with Crippen LogP contribution in [0.25, 0.3) is 0 Å². The number of rotatable bonds is 6. The van der Waals surface area contributed by atoms with Crippen molar-refractivity contribution in [3.8, 4) is 0 Å². The second kappa shape index (κ2) is 6.75. The molecule has 2 heteroatoms. The fourth-order valence-corrected chi connectivity index (χ4v) is 2.54. The molecule has 1 heterocycles. The van der Waals surface area contributed by atoms with Crippen molar-refractivity contribution < 1.29 is 0 Å². The third kappa shape index (κ3) is 3.53. The Kier molecular flexibility index (Phi) is 5.63. The molecule has 0 radical (unpaired) electrons. The van der Waals surface area contributed by atoms with Crippen LogP contribution in [0.1, 0.15) is 56.6 Å². The molecule has 17 heavy (non-hydrogen) atoms. The summed E-state index contributed by atoms with van der Waals surface area (Å²) >= 11 is 0. The van der Waals surface area contributed by atoms with Crippen LogP contribution in [0.2, 0.25) is 0 Å². The number of nitrogens with zero attached hydrogens (tertiary/aromatic N) is 1. The Morgan fingerprint density at radius 1 is 1.12 bits per heavy atom. The zero-order valence-electron chi connectivity index (χ0n) is 11.9. The van der Waals surface area contributed by atoms with E-state index in [0.717, 1.165) is 12.2 Å². The quantitative estimate of drug-likeness (QED) is 0.810. The topological polar surface area (TPSA) is 24.9 Å². The normalized spacial score (nSPS) is 13.1. The molecule has 0 aliphatic rings. The van der Waals surface area contributed by atoms with Crippen molar-refractivity contribution in [2.75, 3.05) is 6.54 Å². The first-order valence-corrected chi connectivity index (χ1v) is 6.81. The summed E-state index contributed by atoms with van der Waals surface area (Å²) in [4.78, 5) is 4.59. The first-order valence-electron chi connectivity index (χ1n) is 6.81. The van der Waals surface area contributed by atoms with Gasteiger partial charge in [-0.15, -0.1) is 0 Å². The van der Waals surface area contributed by atoms with Crippen LogP contribution in [0.5, 0.6) is 0 Å². The molecular formula is C15H26N2. The average Bonchev–Trinajstić information content (AvgIpc) is 2.30. The van der Waals surface area contributed by atoms with Gasteiger partial charge in [0.1, 0.15) is 0 Å². The molecule has 0 aliphatic carbocycles. The molecule has 0 aliphatic heterocycles. The first kappa shape index (κ1) is 14.2. The fourth-order valence-electron chi connectivity index (χ4n) is 2.54. The Labute approximate surface area is 106 Å². The number of aryl methyl sites for hydroxylation is 2. The Hall–Kier alpha value is -0.890. The molecule has 1 rings (SSSR count). The van der Waals surface area contributed by atoms with Gasteiger partial charge in [0.15, 0.2) is 0 Å². The molecule has 2 nitrogen and oxygen atoms in total. The highest BCUT2D eigenvalue weighted by atomic mass is 14.9. The van der Waals surface area contributed by atoms with Crippen LogP contribution in [0, 0.1) is 19.8 Å². The maximum atomic E-state index is 4.59. The lowest BCUT2D eigenvalue weighted by Gasteiger charge is -2.27. The van der Waals surface area contributed by atoms with Crippen LogP contribution in [-0.2, 0) is 0 Å². The number of nitrogens with one attached hydrogen (secondary N) is 1. The molecule has 1 unspecified atom stereocenters. The Bertz CT molecular complexity index is 343. The van der Waals surface area contributed by atoms with Gasteiger partial charge in [-0.25, -0.2) is 0 Å². The van der Waals surface area contributed by atoms with Crippen molar-refractivity contribution >= 4 is 0 Å². The summed E-state index contributed by atoms with van der Waals surface area (Å²) in [5.74, 6) is 0.693. The van der Waals surface area contributed by atoms with Gasteiger partial charge < -0.3 is 5.32 Å². The molecule has 1 aromatic rings. The van der Waals surface area contributed by atoms with E-state index in [-0.39, 0.29) is 0 Å². The molecule has 0 saturated heterocycles. The number of hydrogen-bond acceptors (Lipinski definition) is 2. The molecule has 96 valence electrons. The smallest absolute Gasteiger partial charge is 0.0423 e.